The van der Waals surface area contributed by atoms with Gasteiger partial charge in [0.2, 0.25) is 0 Å². The Labute approximate surface area is 203 Å². The minimum Gasteiger partial charge on any atom is -0.319 e. The first-order chi connectivity index (χ1) is 16.5. The van der Waals surface area contributed by atoms with Crippen LogP contribution in [0.25, 0.3) is 0 Å². The summed E-state index contributed by atoms with van der Waals surface area (Å²) in [5.41, 5.74) is 4.12. The van der Waals surface area contributed by atoms with Gasteiger partial charge in [-0.2, -0.15) is 0 Å². The van der Waals surface area contributed by atoms with Gasteiger partial charge >= 0.3 is 6.03 Å². The number of hydrogen-bond acceptors (Lipinski definition) is 6. The third kappa shape index (κ3) is 6.16. The average Bonchev–Trinajstić information content (AvgIpc) is 3.30. The maximum Gasteiger partial charge on any atom is 0.324 e. The second-order valence-electron chi connectivity index (χ2n) is 8.68. The molecule has 0 bridgehead atoms. The van der Waals surface area contributed by atoms with Crippen LogP contribution in [-0.2, 0) is 17.8 Å². The molecule has 2 heterocycles. The number of carbonyl (C=O) groups excluding carboxylic acids is 3. The van der Waals surface area contributed by atoms with E-state index in [4.69, 9.17) is 5.21 Å². The number of amides is 4. The molecular formula is C25H30N4O4S. The van der Waals surface area contributed by atoms with Crippen LogP contribution in [0.2, 0.25) is 0 Å². The third-order valence-electron chi connectivity index (χ3n) is 6.25. The van der Waals surface area contributed by atoms with Crippen LogP contribution in [0.3, 0.4) is 0 Å². The Hall–Kier alpha value is -2.88. The van der Waals surface area contributed by atoms with E-state index in [-0.39, 0.29) is 5.25 Å². The summed E-state index contributed by atoms with van der Waals surface area (Å²) in [7, 11) is 0. The van der Waals surface area contributed by atoms with Crippen molar-refractivity contribution in [2.75, 3.05) is 26.2 Å². The molecular weight excluding hydrogens is 452 g/mol. The van der Waals surface area contributed by atoms with E-state index in [2.05, 4.69) is 10.2 Å². The molecule has 2 aromatic carbocycles. The van der Waals surface area contributed by atoms with Crippen molar-refractivity contribution in [1.82, 2.24) is 20.6 Å². The van der Waals surface area contributed by atoms with Gasteiger partial charge in [-0.3, -0.25) is 20.1 Å². The molecule has 1 saturated heterocycles. The Morgan fingerprint density at radius 1 is 1.06 bits per heavy atom. The summed E-state index contributed by atoms with van der Waals surface area (Å²) in [4.78, 5) is 42.5. The minimum atomic E-state index is -0.420. The number of urea groups is 1. The highest BCUT2D eigenvalue weighted by molar-refractivity contribution is 8.01. The Bertz CT molecular complexity index is 1030. The van der Waals surface area contributed by atoms with Gasteiger partial charge in [-0.1, -0.05) is 36.8 Å². The number of piperidine rings is 1. The largest absolute Gasteiger partial charge is 0.324 e. The standard InChI is InChI=1S/C25H30N4O4S/c30-23(19-7-3-1-4-8-19)26-25(32)29(14-13-28-11-5-2-6-12-28)17-18-9-10-21-20(15-18)16-22(34-21)24(31)27-33/h1,3-4,7-10,15,22,33H,2,5-6,11-14,16-17H2,(H,27,31)(H,26,30,32). The van der Waals surface area contributed by atoms with Gasteiger partial charge in [0.15, 0.2) is 0 Å². The molecule has 4 rings (SSSR count). The molecule has 1 unspecified atom stereocenters. The number of hydrogen-bond donors (Lipinski definition) is 3. The fraction of sp³-hybridized carbons (Fsp3) is 0.400. The molecule has 9 heteroatoms. The van der Waals surface area contributed by atoms with Gasteiger partial charge in [0.25, 0.3) is 11.8 Å². The molecule has 2 aliphatic heterocycles. The van der Waals surface area contributed by atoms with Crippen LogP contribution in [0.4, 0.5) is 4.79 Å². The number of likely N-dealkylation sites (tertiary alicyclic amines) is 1. The normalized spacial score (nSPS) is 17.6. The predicted octanol–water partition coefficient (Wildman–Crippen LogP) is 3.05. The van der Waals surface area contributed by atoms with Crippen LogP contribution in [0.1, 0.15) is 40.7 Å². The monoisotopic (exact) mass is 482 g/mol. The number of imide groups is 1. The van der Waals surface area contributed by atoms with E-state index < -0.39 is 17.8 Å². The molecule has 0 spiro atoms. The molecule has 8 nitrogen and oxygen atoms in total. The first-order valence-corrected chi connectivity index (χ1v) is 12.5. The number of nitrogens with zero attached hydrogens (tertiary/aromatic N) is 2. The number of hydroxylamine groups is 1. The highest BCUT2D eigenvalue weighted by Gasteiger charge is 2.28. The minimum absolute atomic E-state index is 0.358. The van der Waals surface area contributed by atoms with Crippen LogP contribution in [-0.4, -0.2) is 64.3 Å². The highest BCUT2D eigenvalue weighted by atomic mass is 32.2. The molecule has 2 aromatic rings. The van der Waals surface area contributed by atoms with Crippen molar-refractivity contribution in [3.05, 3.63) is 65.2 Å². The highest BCUT2D eigenvalue weighted by Crippen LogP contribution is 2.37. The summed E-state index contributed by atoms with van der Waals surface area (Å²) in [5, 5.41) is 11.1. The maximum atomic E-state index is 13.1. The summed E-state index contributed by atoms with van der Waals surface area (Å²) >= 11 is 1.42. The van der Waals surface area contributed by atoms with E-state index in [1.807, 2.05) is 24.3 Å². The zero-order valence-electron chi connectivity index (χ0n) is 19.0. The van der Waals surface area contributed by atoms with E-state index in [1.165, 1.54) is 31.0 Å². The summed E-state index contributed by atoms with van der Waals surface area (Å²) in [6.07, 6.45) is 4.11. The number of carbonyl (C=O) groups is 3. The molecule has 1 atom stereocenters. The van der Waals surface area contributed by atoms with E-state index in [9.17, 15) is 14.4 Å². The van der Waals surface area contributed by atoms with Crippen molar-refractivity contribution in [3.8, 4) is 0 Å². The first kappa shape index (κ1) is 24.3. The lowest BCUT2D eigenvalue weighted by molar-refractivity contribution is -0.128. The molecule has 180 valence electrons. The number of rotatable bonds is 7. The predicted molar refractivity (Wildman–Crippen MR) is 130 cm³/mol. The molecule has 3 N–H and O–H groups in total. The van der Waals surface area contributed by atoms with Gasteiger partial charge < -0.3 is 9.80 Å². The van der Waals surface area contributed by atoms with Crippen LogP contribution in [0.5, 0.6) is 0 Å². The second-order valence-corrected chi connectivity index (χ2v) is 9.92. The molecule has 34 heavy (non-hydrogen) atoms. The number of fused-ring (bicyclic) bond motifs is 1. The molecule has 1 fully saturated rings. The first-order valence-electron chi connectivity index (χ1n) is 11.6. The number of benzene rings is 2. The quantitative estimate of drug-likeness (QED) is 0.414. The lowest BCUT2D eigenvalue weighted by Gasteiger charge is -2.30. The van der Waals surface area contributed by atoms with Gasteiger partial charge in [-0.05, 0) is 61.7 Å². The molecule has 0 saturated carbocycles. The lowest BCUT2D eigenvalue weighted by Crippen LogP contribution is -2.46. The molecule has 0 aromatic heterocycles. The van der Waals surface area contributed by atoms with E-state index in [0.717, 1.165) is 35.7 Å². The van der Waals surface area contributed by atoms with Crippen LogP contribution in [0.15, 0.2) is 53.4 Å². The van der Waals surface area contributed by atoms with E-state index in [1.54, 1.807) is 34.6 Å². The van der Waals surface area contributed by atoms with Crippen molar-refractivity contribution < 1.29 is 19.6 Å². The number of thioether (sulfide) groups is 1. The Balaban J connectivity index is 1.45. The lowest BCUT2D eigenvalue weighted by atomic mass is 10.1. The number of nitrogens with one attached hydrogen (secondary N) is 2. The summed E-state index contributed by atoms with van der Waals surface area (Å²) in [6.45, 7) is 3.68. The van der Waals surface area contributed by atoms with Crippen molar-refractivity contribution >= 4 is 29.6 Å². The van der Waals surface area contributed by atoms with Crippen molar-refractivity contribution in [1.29, 1.82) is 0 Å². The smallest absolute Gasteiger partial charge is 0.319 e. The molecule has 0 aliphatic carbocycles. The average molecular weight is 483 g/mol. The Morgan fingerprint density at radius 2 is 1.82 bits per heavy atom. The van der Waals surface area contributed by atoms with E-state index >= 15 is 0 Å². The molecule has 2 aliphatic rings. The van der Waals surface area contributed by atoms with Crippen LogP contribution < -0.4 is 10.8 Å². The van der Waals surface area contributed by atoms with Gasteiger partial charge in [0.1, 0.15) is 0 Å². The zero-order chi connectivity index (χ0) is 23.9. The van der Waals surface area contributed by atoms with Crippen molar-refractivity contribution in [3.63, 3.8) is 0 Å². The second kappa shape index (κ2) is 11.5. The van der Waals surface area contributed by atoms with Crippen LogP contribution >= 0.6 is 11.8 Å². The van der Waals surface area contributed by atoms with Gasteiger partial charge in [-0.25, -0.2) is 10.3 Å². The van der Waals surface area contributed by atoms with Gasteiger partial charge in [0.05, 0.1) is 5.25 Å². The van der Waals surface area contributed by atoms with E-state index in [0.29, 0.717) is 25.1 Å². The topological polar surface area (TPSA) is 102 Å². The molecule has 0 radical (unpaired) electrons. The third-order valence-corrected chi connectivity index (χ3v) is 7.57. The van der Waals surface area contributed by atoms with Crippen molar-refractivity contribution in [2.45, 2.75) is 42.4 Å². The maximum absolute atomic E-state index is 13.1. The van der Waals surface area contributed by atoms with Crippen molar-refractivity contribution in [2.24, 2.45) is 0 Å². The Kier molecular flexibility index (Phi) is 8.21. The summed E-state index contributed by atoms with van der Waals surface area (Å²) in [6, 6.07) is 14.2. The van der Waals surface area contributed by atoms with Crippen LogP contribution in [0, 0.1) is 0 Å². The summed E-state index contributed by atoms with van der Waals surface area (Å²) < 4.78 is 0. The Morgan fingerprint density at radius 3 is 2.56 bits per heavy atom. The van der Waals surface area contributed by atoms with Gasteiger partial charge in [-0.15, -0.1) is 11.8 Å². The fourth-order valence-corrected chi connectivity index (χ4v) is 5.54. The fourth-order valence-electron chi connectivity index (χ4n) is 4.37. The van der Waals surface area contributed by atoms with Gasteiger partial charge in [0, 0.05) is 30.1 Å². The SMILES string of the molecule is O=C(NC(=O)N(CCN1CCCCC1)Cc1ccc2c(c1)CC(C(=O)NO)S2)c1ccccc1. The zero-order valence-corrected chi connectivity index (χ0v) is 19.9. The summed E-state index contributed by atoms with van der Waals surface area (Å²) in [5.74, 6) is -0.832. The molecule has 4 amide bonds.